The normalized spacial score (nSPS) is 42.2. The summed E-state index contributed by atoms with van der Waals surface area (Å²) in [6, 6.07) is 0. The number of aliphatic hydroxyl groups is 4. The largest absolute Gasteiger partial charge is 0.394 e. The van der Waals surface area contributed by atoms with E-state index in [1.54, 1.807) is 0 Å². The van der Waals surface area contributed by atoms with E-state index in [9.17, 15) is 15.3 Å². The van der Waals surface area contributed by atoms with E-state index in [1.807, 2.05) is 13.8 Å². The van der Waals surface area contributed by atoms with Crippen molar-refractivity contribution in [2.45, 2.75) is 48.9 Å². The number of hydrogen-bond acceptors (Lipinski definition) is 6. The molecule has 90 valence electrons. The van der Waals surface area contributed by atoms with Crippen LogP contribution in [0, 0.1) is 0 Å². The third kappa shape index (κ3) is 3.05. The summed E-state index contributed by atoms with van der Waals surface area (Å²) in [7, 11) is 0. The predicted molar refractivity (Wildman–Crippen MR) is 56.5 cm³/mol. The van der Waals surface area contributed by atoms with Crippen LogP contribution in [0.2, 0.25) is 0 Å². The molecule has 5 nitrogen and oxygen atoms in total. The maximum Gasteiger partial charge on any atom is 0.132 e. The standard InChI is InChI=1S/C9H18O5S/c1-4(2)15-9-8(13)7(12)6(11)5(3-10)14-9/h4-13H,3H2,1-2H3/t5-,6-,7+,8-,9?/m1/s1. The van der Waals surface area contributed by atoms with Gasteiger partial charge >= 0.3 is 0 Å². The minimum absolute atomic E-state index is 0.228. The summed E-state index contributed by atoms with van der Waals surface area (Å²) in [5, 5.41) is 37.8. The average molecular weight is 238 g/mol. The van der Waals surface area contributed by atoms with Gasteiger partial charge in [-0.05, 0) is 0 Å². The summed E-state index contributed by atoms with van der Waals surface area (Å²) < 4.78 is 5.29. The molecule has 15 heavy (non-hydrogen) atoms. The summed E-state index contributed by atoms with van der Waals surface area (Å²) >= 11 is 1.35. The van der Waals surface area contributed by atoms with Crippen molar-refractivity contribution in [3.05, 3.63) is 0 Å². The Kier molecular flexibility index (Phi) is 4.82. The minimum atomic E-state index is -1.27. The van der Waals surface area contributed by atoms with E-state index in [4.69, 9.17) is 9.84 Å². The molecule has 0 spiro atoms. The molecule has 0 bridgehead atoms. The fourth-order valence-electron chi connectivity index (χ4n) is 1.45. The molecule has 5 atom stereocenters. The Morgan fingerprint density at radius 2 is 1.73 bits per heavy atom. The van der Waals surface area contributed by atoms with Crippen molar-refractivity contribution < 1.29 is 25.2 Å². The minimum Gasteiger partial charge on any atom is -0.394 e. The molecule has 0 saturated carbocycles. The molecular formula is C9H18O5S. The Balaban J connectivity index is 2.65. The van der Waals surface area contributed by atoms with Crippen LogP contribution in [0.15, 0.2) is 0 Å². The van der Waals surface area contributed by atoms with Gasteiger partial charge in [-0.25, -0.2) is 0 Å². The van der Waals surface area contributed by atoms with Crippen molar-refractivity contribution in [1.82, 2.24) is 0 Å². The Morgan fingerprint density at radius 3 is 2.20 bits per heavy atom. The van der Waals surface area contributed by atoms with Gasteiger partial charge in [0, 0.05) is 5.25 Å². The second-order valence-electron chi connectivity index (χ2n) is 3.88. The van der Waals surface area contributed by atoms with Crippen LogP contribution in [-0.4, -0.2) is 62.1 Å². The number of ether oxygens (including phenoxy) is 1. The van der Waals surface area contributed by atoms with Gasteiger partial charge in [0.1, 0.15) is 29.9 Å². The van der Waals surface area contributed by atoms with Crippen LogP contribution < -0.4 is 0 Å². The van der Waals surface area contributed by atoms with Crippen molar-refractivity contribution >= 4 is 11.8 Å². The van der Waals surface area contributed by atoms with Crippen molar-refractivity contribution in [3.63, 3.8) is 0 Å². The molecule has 0 aromatic heterocycles. The molecule has 4 N–H and O–H groups in total. The van der Waals surface area contributed by atoms with Gasteiger partial charge in [0.2, 0.25) is 0 Å². The first-order chi connectivity index (χ1) is 6.97. The van der Waals surface area contributed by atoms with Gasteiger partial charge in [0.25, 0.3) is 0 Å². The van der Waals surface area contributed by atoms with Crippen molar-refractivity contribution in [1.29, 1.82) is 0 Å². The van der Waals surface area contributed by atoms with Gasteiger partial charge in [-0.1, -0.05) is 13.8 Å². The first-order valence-electron chi connectivity index (χ1n) is 4.93. The lowest BCUT2D eigenvalue weighted by Crippen LogP contribution is -2.57. The number of hydrogen-bond donors (Lipinski definition) is 4. The zero-order valence-electron chi connectivity index (χ0n) is 8.78. The summed E-state index contributed by atoms with van der Waals surface area (Å²) in [6.45, 7) is 3.50. The predicted octanol–water partition coefficient (Wildman–Crippen LogP) is -1.07. The van der Waals surface area contributed by atoms with Gasteiger partial charge < -0.3 is 25.2 Å². The Labute approximate surface area is 93.1 Å². The van der Waals surface area contributed by atoms with Crippen LogP contribution in [-0.2, 0) is 4.74 Å². The molecule has 1 unspecified atom stereocenters. The van der Waals surface area contributed by atoms with Gasteiger partial charge in [0.05, 0.1) is 6.61 Å². The summed E-state index contributed by atoms with van der Waals surface area (Å²) in [6.07, 6.45) is -4.48. The van der Waals surface area contributed by atoms with E-state index in [1.165, 1.54) is 11.8 Å². The zero-order valence-corrected chi connectivity index (χ0v) is 9.59. The van der Waals surface area contributed by atoms with Crippen LogP contribution >= 0.6 is 11.8 Å². The topological polar surface area (TPSA) is 90.2 Å². The first-order valence-corrected chi connectivity index (χ1v) is 5.87. The van der Waals surface area contributed by atoms with Gasteiger partial charge in [0.15, 0.2) is 0 Å². The molecule has 0 aromatic rings. The number of thioether (sulfide) groups is 1. The molecule has 1 aliphatic heterocycles. The molecule has 0 radical (unpaired) electrons. The molecule has 1 saturated heterocycles. The van der Waals surface area contributed by atoms with Crippen LogP contribution in [0.5, 0.6) is 0 Å². The molecule has 1 rings (SSSR count). The van der Waals surface area contributed by atoms with Gasteiger partial charge in [-0.15, -0.1) is 11.8 Å². The highest BCUT2D eigenvalue weighted by Gasteiger charge is 2.43. The third-order valence-electron chi connectivity index (χ3n) is 2.25. The van der Waals surface area contributed by atoms with Crippen molar-refractivity contribution in [2.75, 3.05) is 6.61 Å². The first kappa shape index (κ1) is 13.2. The average Bonchev–Trinajstić information content (AvgIpc) is 2.18. The molecule has 1 aliphatic rings. The van der Waals surface area contributed by atoms with E-state index in [0.29, 0.717) is 0 Å². The smallest absolute Gasteiger partial charge is 0.132 e. The van der Waals surface area contributed by atoms with E-state index >= 15 is 0 Å². The van der Waals surface area contributed by atoms with Crippen LogP contribution in [0.4, 0.5) is 0 Å². The molecule has 0 amide bonds. The fraction of sp³-hybridized carbons (Fsp3) is 1.00. The monoisotopic (exact) mass is 238 g/mol. The third-order valence-corrected chi connectivity index (χ3v) is 3.46. The summed E-state index contributed by atoms with van der Waals surface area (Å²) in [5.41, 5.74) is -0.611. The Hall–Kier alpha value is 0.150. The van der Waals surface area contributed by atoms with Crippen LogP contribution in [0.25, 0.3) is 0 Å². The maximum atomic E-state index is 9.63. The van der Waals surface area contributed by atoms with Crippen LogP contribution in [0.3, 0.4) is 0 Å². The SMILES string of the molecule is CC(C)SC1O[C@H](CO)[C@@H](O)[C@H](O)[C@H]1O. The lowest BCUT2D eigenvalue weighted by molar-refractivity contribution is -0.205. The lowest BCUT2D eigenvalue weighted by atomic mass is 10.0. The van der Waals surface area contributed by atoms with Crippen molar-refractivity contribution in [3.8, 4) is 0 Å². The molecule has 0 aromatic carbocycles. The molecule has 0 aliphatic carbocycles. The van der Waals surface area contributed by atoms with E-state index in [-0.39, 0.29) is 11.9 Å². The van der Waals surface area contributed by atoms with E-state index < -0.39 is 29.9 Å². The quantitative estimate of drug-likeness (QED) is 0.500. The summed E-state index contributed by atoms with van der Waals surface area (Å²) in [5.74, 6) is 0. The van der Waals surface area contributed by atoms with E-state index in [0.717, 1.165) is 0 Å². The highest BCUT2D eigenvalue weighted by atomic mass is 32.2. The lowest BCUT2D eigenvalue weighted by Gasteiger charge is -2.40. The van der Waals surface area contributed by atoms with E-state index in [2.05, 4.69) is 0 Å². The maximum absolute atomic E-state index is 9.63. The second kappa shape index (κ2) is 5.47. The Bertz CT molecular complexity index is 199. The fourth-order valence-corrected chi connectivity index (χ4v) is 2.51. The molecule has 6 heteroatoms. The highest BCUT2D eigenvalue weighted by Crippen LogP contribution is 2.30. The number of rotatable bonds is 3. The van der Waals surface area contributed by atoms with Crippen LogP contribution in [0.1, 0.15) is 13.8 Å². The summed E-state index contributed by atoms with van der Waals surface area (Å²) in [4.78, 5) is 0. The molecule has 1 heterocycles. The highest BCUT2D eigenvalue weighted by molar-refractivity contribution is 8.00. The second-order valence-corrected chi connectivity index (χ2v) is 5.56. The van der Waals surface area contributed by atoms with Gasteiger partial charge in [-0.3, -0.25) is 0 Å². The van der Waals surface area contributed by atoms with Crippen molar-refractivity contribution in [2.24, 2.45) is 0 Å². The number of aliphatic hydroxyl groups excluding tert-OH is 4. The Morgan fingerprint density at radius 1 is 1.13 bits per heavy atom. The zero-order chi connectivity index (χ0) is 11.6. The molecular weight excluding hydrogens is 220 g/mol. The van der Waals surface area contributed by atoms with Gasteiger partial charge in [-0.2, -0.15) is 0 Å². The molecule has 1 fully saturated rings.